The molecule has 0 fully saturated rings. The zero-order chi connectivity index (χ0) is 17.6. The van der Waals surface area contributed by atoms with Crippen LogP contribution in [0.1, 0.15) is 10.4 Å². The van der Waals surface area contributed by atoms with Crippen LogP contribution in [0.5, 0.6) is 0 Å². The molecular weight excluding hydrogens is 352 g/mol. The Hall–Kier alpha value is -3.74. The number of carbonyl (C=O) groups is 1. The van der Waals surface area contributed by atoms with Crippen molar-refractivity contribution < 1.29 is 9.72 Å². The second-order valence-electron chi connectivity index (χ2n) is 4.81. The summed E-state index contributed by atoms with van der Waals surface area (Å²) in [7, 11) is 0. The Balaban J connectivity index is 1.93. The quantitative estimate of drug-likeness (QED) is 0.397. The average Bonchev–Trinajstić information content (AvgIpc) is 3.21. The molecule has 0 aliphatic heterocycles. The molecule has 1 aromatic carbocycles. The predicted octanol–water partition coefficient (Wildman–Crippen LogP) is 0.583. The van der Waals surface area contributed by atoms with Gasteiger partial charge in [0.1, 0.15) is 4.83 Å². The predicted molar refractivity (Wildman–Crippen MR) is 85.6 cm³/mol. The van der Waals surface area contributed by atoms with E-state index in [2.05, 4.69) is 30.9 Å². The monoisotopic (exact) mass is 358 g/mol. The number of nitro benzene ring substituents is 1. The number of non-ortho nitro benzene ring substituents is 1. The molecule has 3 heterocycles. The molecule has 0 aliphatic carbocycles. The van der Waals surface area contributed by atoms with Gasteiger partial charge >= 0.3 is 5.69 Å². The molecule has 3 aromatic heterocycles. The summed E-state index contributed by atoms with van der Waals surface area (Å²) in [5.41, 5.74) is -0.385. The molecule has 0 saturated carbocycles. The van der Waals surface area contributed by atoms with Gasteiger partial charge in [0.25, 0.3) is 11.6 Å². The lowest BCUT2D eigenvalue weighted by Gasteiger charge is -2.02. The number of hydrogen-bond donors (Lipinski definition) is 2. The Morgan fingerprint density at radius 1 is 1.40 bits per heavy atom. The van der Waals surface area contributed by atoms with Crippen molar-refractivity contribution in [1.82, 2.24) is 30.0 Å². The van der Waals surface area contributed by atoms with Gasteiger partial charge in [-0.2, -0.15) is 0 Å². The number of nitrogens with zero attached hydrogens (tertiary/aromatic N) is 6. The summed E-state index contributed by atoms with van der Waals surface area (Å²) in [5, 5.41) is 26.0. The fourth-order valence-corrected chi connectivity index (χ4v) is 3.40. The van der Waals surface area contributed by atoms with Crippen molar-refractivity contribution in [3.05, 3.63) is 50.6 Å². The minimum atomic E-state index is -0.639. The van der Waals surface area contributed by atoms with Crippen molar-refractivity contribution in [2.75, 3.05) is 5.32 Å². The molecule has 25 heavy (non-hydrogen) atoms. The van der Waals surface area contributed by atoms with Gasteiger partial charge in [-0.3, -0.25) is 20.2 Å². The van der Waals surface area contributed by atoms with Crippen LogP contribution in [0.2, 0.25) is 0 Å². The van der Waals surface area contributed by atoms with Gasteiger partial charge in [0.05, 0.1) is 20.7 Å². The maximum atomic E-state index is 12.4. The van der Waals surface area contributed by atoms with Crippen molar-refractivity contribution in [2.45, 2.75) is 0 Å². The number of anilines is 1. The van der Waals surface area contributed by atoms with Crippen LogP contribution in [-0.4, -0.2) is 40.8 Å². The number of fused-ring (bicyclic) bond motifs is 3. The van der Waals surface area contributed by atoms with Gasteiger partial charge in [0, 0.05) is 18.3 Å². The molecule has 0 spiro atoms. The summed E-state index contributed by atoms with van der Waals surface area (Å²) in [4.78, 5) is 38.9. The molecule has 4 rings (SSSR count). The first kappa shape index (κ1) is 14.8. The molecule has 0 aliphatic rings. The fraction of sp³-hybridized carbons (Fsp3) is 0. The van der Waals surface area contributed by atoms with Crippen LogP contribution in [0.15, 0.2) is 29.2 Å². The fourth-order valence-electron chi connectivity index (χ4n) is 2.28. The first-order chi connectivity index (χ1) is 12.0. The molecule has 4 aromatic rings. The normalized spacial score (nSPS) is 11.0. The Kier molecular flexibility index (Phi) is 3.21. The maximum absolute atomic E-state index is 12.4. The highest BCUT2D eigenvalue weighted by molar-refractivity contribution is 7.24. The highest BCUT2D eigenvalue weighted by atomic mass is 32.1. The summed E-state index contributed by atoms with van der Waals surface area (Å²) < 4.78 is 1.77. The van der Waals surface area contributed by atoms with Gasteiger partial charge in [-0.25, -0.2) is 19.3 Å². The average molecular weight is 358 g/mol. The number of carbonyl (C=O) groups excluding carboxylic acids is 1. The first-order valence-electron chi connectivity index (χ1n) is 6.68. The van der Waals surface area contributed by atoms with Crippen molar-refractivity contribution in [3.63, 3.8) is 0 Å². The van der Waals surface area contributed by atoms with E-state index in [-0.39, 0.29) is 17.2 Å². The molecule has 0 unspecified atom stereocenters. The van der Waals surface area contributed by atoms with Crippen LogP contribution in [0, 0.1) is 10.1 Å². The number of tetrazole rings is 1. The van der Waals surface area contributed by atoms with Crippen LogP contribution >= 0.6 is 11.3 Å². The summed E-state index contributed by atoms with van der Waals surface area (Å²) in [6.07, 6.45) is 1.14. The minimum Gasteiger partial charge on any atom is -0.289 e. The summed E-state index contributed by atoms with van der Waals surface area (Å²) in [5.74, 6) is -0.546. The highest BCUT2D eigenvalue weighted by Gasteiger charge is 2.19. The van der Waals surface area contributed by atoms with Crippen molar-refractivity contribution >= 4 is 43.9 Å². The van der Waals surface area contributed by atoms with Crippen LogP contribution in [-0.2, 0) is 0 Å². The number of H-pyrrole nitrogens is 1. The van der Waals surface area contributed by atoms with Crippen molar-refractivity contribution in [2.24, 2.45) is 0 Å². The van der Waals surface area contributed by atoms with E-state index in [9.17, 15) is 19.7 Å². The summed E-state index contributed by atoms with van der Waals surface area (Å²) in [6, 6.07) is 4.12. The number of nitrogens with one attached hydrogen (secondary N) is 2. The van der Waals surface area contributed by atoms with E-state index < -0.39 is 16.5 Å². The van der Waals surface area contributed by atoms with E-state index in [1.165, 1.54) is 22.6 Å². The molecule has 0 saturated heterocycles. The molecular formula is C12H6N8O4S. The number of aromatic nitrogens is 6. The molecule has 124 valence electrons. The Morgan fingerprint density at radius 2 is 2.24 bits per heavy atom. The molecule has 2 N–H and O–H groups in total. The number of rotatable bonds is 3. The van der Waals surface area contributed by atoms with E-state index in [1.54, 1.807) is 0 Å². The topological polar surface area (TPSA) is 161 Å². The summed E-state index contributed by atoms with van der Waals surface area (Å²) >= 11 is 1.14. The van der Waals surface area contributed by atoms with Crippen molar-refractivity contribution in [3.8, 4) is 0 Å². The lowest BCUT2D eigenvalue weighted by molar-refractivity contribution is -0.384. The number of benzene rings is 1. The zero-order valence-electron chi connectivity index (χ0n) is 12.0. The van der Waals surface area contributed by atoms with Gasteiger partial charge < -0.3 is 0 Å². The molecule has 12 nitrogen and oxygen atoms in total. The van der Waals surface area contributed by atoms with Gasteiger partial charge in [-0.05, 0) is 16.5 Å². The SMILES string of the molecule is O=C(Nc1nnn[nH]1)c1cnc(=O)n2c1sc1ccc([N+](=O)[O-])cc12. The van der Waals surface area contributed by atoms with Gasteiger partial charge in [0.15, 0.2) is 0 Å². The third-order valence-electron chi connectivity index (χ3n) is 3.35. The van der Waals surface area contributed by atoms with Gasteiger partial charge in [-0.15, -0.1) is 11.3 Å². The minimum absolute atomic E-state index is 0.0334. The number of hydrogen-bond acceptors (Lipinski definition) is 9. The number of nitro groups is 1. The first-order valence-corrected chi connectivity index (χ1v) is 7.50. The van der Waals surface area contributed by atoms with E-state index in [0.29, 0.717) is 15.0 Å². The lowest BCUT2D eigenvalue weighted by Crippen LogP contribution is -2.21. The molecule has 1 amide bonds. The molecule has 13 heteroatoms. The second-order valence-corrected chi connectivity index (χ2v) is 5.84. The smallest absolute Gasteiger partial charge is 0.289 e. The van der Waals surface area contributed by atoms with E-state index in [0.717, 1.165) is 17.5 Å². The largest absolute Gasteiger partial charge is 0.353 e. The number of thiazole rings is 1. The molecule has 0 atom stereocenters. The van der Waals surface area contributed by atoms with Crippen LogP contribution in [0.4, 0.5) is 11.6 Å². The Bertz CT molecular complexity index is 1200. The van der Waals surface area contributed by atoms with Crippen molar-refractivity contribution in [1.29, 1.82) is 0 Å². The molecule has 0 radical (unpaired) electrons. The van der Waals surface area contributed by atoms with E-state index >= 15 is 0 Å². The standard InChI is InChI=1S/C12H6N8O4S/c21-9(14-11-15-17-18-16-11)6-4-13-12(22)19-7-3-5(20(23)24)1-2-8(7)25-10(6)19/h1-4H,(H2,14,15,16,17,18,21). The number of aromatic amines is 1. The van der Waals surface area contributed by atoms with E-state index in [1.807, 2.05) is 0 Å². The summed E-state index contributed by atoms with van der Waals surface area (Å²) in [6.45, 7) is 0. The number of amides is 1. The van der Waals surface area contributed by atoms with Crippen LogP contribution < -0.4 is 11.0 Å². The van der Waals surface area contributed by atoms with Gasteiger partial charge in [-0.1, -0.05) is 5.10 Å². The second kappa shape index (κ2) is 5.41. The third-order valence-corrected chi connectivity index (χ3v) is 4.51. The maximum Gasteiger partial charge on any atom is 0.353 e. The highest BCUT2D eigenvalue weighted by Crippen LogP contribution is 2.30. The third kappa shape index (κ3) is 2.38. The van der Waals surface area contributed by atoms with Gasteiger partial charge in [0.2, 0.25) is 5.95 Å². The van der Waals surface area contributed by atoms with Crippen LogP contribution in [0.3, 0.4) is 0 Å². The van der Waals surface area contributed by atoms with Crippen LogP contribution in [0.25, 0.3) is 15.0 Å². The molecule has 0 bridgehead atoms. The Morgan fingerprint density at radius 3 is 2.96 bits per heavy atom. The Labute approximate surface area is 140 Å². The lowest BCUT2D eigenvalue weighted by atomic mass is 10.3. The van der Waals surface area contributed by atoms with E-state index in [4.69, 9.17) is 0 Å². The zero-order valence-corrected chi connectivity index (χ0v) is 12.9.